The van der Waals surface area contributed by atoms with Crippen LogP contribution in [0.3, 0.4) is 0 Å². The predicted octanol–water partition coefficient (Wildman–Crippen LogP) is 1.89. The van der Waals surface area contributed by atoms with Crippen LogP contribution in [-0.2, 0) is 19.5 Å². The van der Waals surface area contributed by atoms with E-state index in [-0.39, 0.29) is 5.91 Å². The Kier molecular flexibility index (Phi) is 3.67. The van der Waals surface area contributed by atoms with E-state index in [4.69, 9.17) is 0 Å². The van der Waals surface area contributed by atoms with Gasteiger partial charge in [-0.1, -0.05) is 18.2 Å². The number of pyridine rings is 1. The van der Waals surface area contributed by atoms with E-state index in [1.54, 1.807) is 18.6 Å². The molecule has 1 aliphatic heterocycles. The molecule has 134 valence electrons. The smallest absolute Gasteiger partial charge is 0.253 e. The monoisotopic (exact) mass is 359 g/mol. The molecule has 0 unspecified atom stereocenters. The summed E-state index contributed by atoms with van der Waals surface area (Å²) >= 11 is 0. The fraction of sp³-hybridized carbons (Fsp3) is 0.211. The Bertz CT molecular complexity index is 1130. The van der Waals surface area contributed by atoms with Crippen molar-refractivity contribution in [2.75, 3.05) is 0 Å². The van der Waals surface area contributed by atoms with Gasteiger partial charge in [-0.05, 0) is 24.6 Å². The number of benzene rings is 1. The van der Waals surface area contributed by atoms with Gasteiger partial charge in [0.1, 0.15) is 17.7 Å². The highest BCUT2D eigenvalue weighted by molar-refractivity contribution is 5.96. The number of nitrogens with zero attached hydrogens (tertiary/aromatic N) is 6. The van der Waals surface area contributed by atoms with Crippen LogP contribution in [0.25, 0.3) is 16.9 Å². The summed E-state index contributed by atoms with van der Waals surface area (Å²) in [5, 5.41) is 11.2. The predicted molar refractivity (Wildman–Crippen MR) is 98.4 cm³/mol. The second-order valence-corrected chi connectivity index (χ2v) is 6.49. The van der Waals surface area contributed by atoms with Gasteiger partial charge in [0.2, 0.25) is 0 Å². The molecule has 1 N–H and O–H groups in total. The first-order valence-corrected chi connectivity index (χ1v) is 8.87. The number of carbonyl (C=O) groups is 1. The van der Waals surface area contributed by atoms with Crippen molar-refractivity contribution in [3.05, 3.63) is 66.1 Å². The van der Waals surface area contributed by atoms with Crippen molar-refractivity contribution in [1.29, 1.82) is 0 Å². The zero-order valence-corrected chi connectivity index (χ0v) is 14.5. The first-order valence-electron chi connectivity index (χ1n) is 8.87. The molecule has 4 heterocycles. The number of amides is 1. The van der Waals surface area contributed by atoms with Gasteiger partial charge in [0.15, 0.2) is 11.5 Å². The summed E-state index contributed by atoms with van der Waals surface area (Å²) in [6, 6.07) is 11.6. The maximum absolute atomic E-state index is 12.5. The highest BCUT2D eigenvalue weighted by Crippen LogP contribution is 2.17. The Morgan fingerprint density at radius 1 is 1.15 bits per heavy atom. The van der Waals surface area contributed by atoms with Gasteiger partial charge in [-0.25, -0.2) is 9.97 Å². The van der Waals surface area contributed by atoms with Gasteiger partial charge in [0.25, 0.3) is 5.91 Å². The summed E-state index contributed by atoms with van der Waals surface area (Å²) in [5.41, 5.74) is 2.84. The van der Waals surface area contributed by atoms with E-state index in [1.165, 1.54) is 0 Å². The molecule has 3 aromatic heterocycles. The topological polar surface area (TPSA) is 90.5 Å². The van der Waals surface area contributed by atoms with E-state index in [9.17, 15) is 4.79 Å². The van der Waals surface area contributed by atoms with E-state index in [1.807, 2.05) is 34.9 Å². The minimum atomic E-state index is -0.200. The molecule has 8 heteroatoms. The standard InChI is InChI=1S/C19H17N7O/c27-19(21-11-17-24-23-16-7-4-8-25(16)17)13-9-15-18(20-10-13)26(12-22-15)14-5-2-1-3-6-14/h1-3,5-6,9-10,12H,4,7-8,11H2,(H,21,27). The van der Waals surface area contributed by atoms with Crippen LogP contribution in [0.5, 0.6) is 0 Å². The second-order valence-electron chi connectivity index (χ2n) is 6.49. The largest absolute Gasteiger partial charge is 0.345 e. The Morgan fingerprint density at radius 2 is 2.04 bits per heavy atom. The van der Waals surface area contributed by atoms with Crippen LogP contribution < -0.4 is 5.32 Å². The lowest BCUT2D eigenvalue weighted by atomic mass is 10.2. The van der Waals surface area contributed by atoms with Crippen molar-refractivity contribution in [3.63, 3.8) is 0 Å². The molecule has 8 nitrogen and oxygen atoms in total. The zero-order chi connectivity index (χ0) is 18.2. The molecule has 0 fully saturated rings. The molecule has 0 bridgehead atoms. The molecule has 4 aromatic rings. The summed E-state index contributed by atoms with van der Waals surface area (Å²) in [4.78, 5) is 21.4. The Labute approximate surface area is 154 Å². The Balaban J connectivity index is 1.36. The molecule has 1 amide bonds. The molecule has 0 aliphatic carbocycles. The lowest BCUT2D eigenvalue weighted by Crippen LogP contribution is -2.24. The second kappa shape index (κ2) is 6.31. The zero-order valence-electron chi connectivity index (χ0n) is 14.5. The lowest BCUT2D eigenvalue weighted by molar-refractivity contribution is 0.0949. The SMILES string of the molecule is O=C(NCc1nnc2n1CCC2)c1cnc2c(c1)ncn2-c1ccccc1. The Morgan fingerprint density at radius 3 is 2.93 bits per heavy atom. The van der Waals surface area contributed by atoms with Gasteiger partial charge in [-0.2, -0.15) is 0 Å². The lowest BCUT2D eigenvalue weighted by Gasteiger charge is -2.06. The van der Waals surface area contributed by atoms with Crippen molar-refractivity contribution < 1.29 is 4.79 Å². The van der Waals surface area contributed by atoms with E-state index < -0.39 is 0 Å². The average molecular weight is 359 g/mol. The third kappa shape index (κ3) is 2.75. The maximum atomic E-state index is 12.5. The van der Waals surface area contributed by atoms with E-state index >= 15 is 0 Å². The number of nitrogens with one attached hydrogen (secondary N) is 1. The number of hydrogen-bond acceptors (Lipinski definition) is 5. The Hall–Kier alpha value is -3.55. The molecule has 1 aromatic carbocycles. The maximum Gasteiger partial charge on any atom is 0.253 e. The highest BCUT2D eigenvalue weighted by Gasteiger charge is 2.18. The van der Waals surface area contributed by atoms with Gasteiger partial charge in [0.05, 0.1) is 12.1 Å². The van der Waals surface area contributed by atoms with Crippen molar-refractivity contribution in [2.45, 2.75) is 25.9 Å². The molecule has 0 radical (unpaired) electrons. The molecular weight excluding hydrogens is 342 g/mol. The number of rotatable bonds is 4. The summed E-state index contributed by atoms with van der Waals surface area (Å²) in [6.07, 6.45) is 5.32. The van der Waals surface area contributed by atoms with Crippen LogP contribution in [0, 0.1) is 0 Å². The van der Waals surface area contributed by atoms with Crippen LogP contribution in [0.1, 0.15) is 28.4 Å². The van der Waals surface area contributed by atoms with Crippen LogP contribution >= 0.6 is 0 Å². The minimum Gasteiger partial charge on any atom is -0.345 e. The number of fused-ring (bicyclic) bond motifs is 2. The number of para-hydroxylation sites is 1. The number of aromatic nitrogens is 6. The summed E-state index contributed by atoms with van der Waals surface area (Å²) in [5.74, 6) is 1.58. The highest BCUT2D eigenvalue weighted by atomic mass is 16.1. The van der Waals surface area contributed by atoms with E-state index in [2.05, 4.69) is 30.0 Å². The van der Waals surface area contributed by atoms with Gasteiger partial charge < -0.3 is 9.88 Å². The van der Waals surface area contributed by atoms with Gasteiger partial charge in [-0.15, -0.1) is 10.2 Å². The van der Waals surface area contributed by atoms with Gasteiger partial charge in [0, 0.05) is 24.8 Å². The van der Waals surface area contributed by atoms with Crippen molar-refractivity contribution in [1.82, 2.24) is 34.6 Å². The number of imidazole rings is 1. The minimum absolute atomic E-state index is 0.200. The molecule has 0 saturated carbocycles. The normalized spacial score (nSPS) is 13.0. The summed E-state index contributed by atoms with van der Waals surface area (Å²) < 4.78 is 3.97. The third-order valence-electron chi connectivity index (χ3n) is 4.78. The molecule has 5 rings (SSSR count). The molecule has 0 spiro atoms. The van der Waals surface area contributed by atoms with Gasteiger partial charge in [-0.3, -0.25) is 9.36 Å². The van der Waals surface area contributed by atoms with Crippen LogP contribution in [0.15, 0.2) is 48.9 Å². The molecule has 1 aliphatic rings. The molecule has 0 atom stereocenters. The molecular formula is C19H17N7O. The average Bonchev–Trinajstić information content (AvgIpc) is 3.42. The fourth-order valence-electron chi connectivity index (χ4n) is 3.41. The van der Waals surface area contributed by atoms with Gasteiger partial charge >= 0.3 is 0 Å². The van der Waals surface area contributed by atoms with Crippen molar-refractivity contribution in [2.24, 2.45) is 0 Å². The quantitative estimate of drug-likeness (QED) is 0.601. The van der Waals surface area contributed by atoms with E-state index in [0.717, 1.165) is 36.7 Å². The number of carbonyl (C=O) groups excluding carboxylic acids is 1. The van der Waals surface area contributed by atoms with Crippen LogP contribution in [-0.4, -0.2) is 35.2 Å². The van der Waals surface area contributed by atoms with Crippen LogP contribution in [0.2, 0.25) is 0 Å². The first kappa shape index (κ1) is 15.7. The number of aryl methyl sites for hydroxylation is 1. The number of hydrogen-bond donors (Lipinski definition) is 1. The molecule has 27 heavy (non-hydrogen) atoms. The van der Waals surface area contributed by atoms with Crippen molar-refractivity contribution in [3.8, 4) is 5.69 Å². The third-order valence-corrected chi connectivity index (χ3v) is 4.78. The summed E-state index contributed by atoms with van der Waals surface area (Å²) in [6.45, 7) is 1.26. The first-order chi connectivity index (χ1) is 13.3. The summed E-state index contributed by atoms with van der Waals surface area (Å²) in [7, 11) is 0. The van der Waals surface area contributed by atoms with Crippen molar-refractivity contribution >= 4 is 17.1 Å². The van der Waals surface area contributed by atoms with E-state index in [0.29, 0.717) is 23.3 Å². The molecule has 0 saturated heterocycles. The fourth-order valence-corrected chi connectivity index (χ4v) is 3.41. The van der Waals surface area contributed by atoms with Crippen LogP contribution in [0.4, 0.5) is 0 Å².